The summed E-state index contributed by atoms with van der Waals surface area (Å²) in [6.07, 6.45) is 0. The zero-order valence-corrected chi connectivity index (χ0v) is 16.7. The molecule has 0 aromatic heterocycles. The highest BCUT2D eigenvalue weighted by Gasteiger charge is 2.22. The predicted molar refractivity (Wildman–Crippen MR) is 104 cm³/mol. The fourth-order valence-electron chi connectivity index (χ4n) is 2.30. The SMILES string of the molecule is COc1ccc(S(=O)(=O)Nc2ccc(C(=O)NC(C)(C)C)cc2)cc1[N+](=O)[O-]. The van der Waals surface area contributed by atoms with Gasteiger partial charge in [0.25, 0.3) is 15.9 Å². The Morgan fingerprint density at radius 1 is 1.11 bits per heavy atom. The fraction of sp³-hybridized carbons (Fsp3) is 0.278. The summed E-state index contributed by atoms with van der Waals surface area (Å²) in [5.74, 6) is -0.328. The molecule has 2 rings (SSSR count). The van der Waals surface area contributed by atoms with Crippen LogP contribution in [0.1, 0.15) is 31.1 Å². The van der Waals surface area contributed by atoms with Gasteiger partial charge in [0, 0.05) is 22.9 Å². The van der Waals surface area contributed by atoms with E-state index in [1.54, 1.807) is 0 Å². The second-order valence-corrected chi connectivity index (χ2v) is 8.66. The quantitative estimate of drug-likeness (QED) is 0.560. The van der Waals surface area contributed by atoms with Crippen LogP contribution in [0.2, 0.25) is 0 Å². The monoisotopic (exact) mass is 407 g/mol. The number of nitro groups is 1. The van der Waals surface area contributed by atoms with Gasteiger partial charge in [-0.05, 0) is 57.2 Å². The van der Waals surface area contributed by atoms with E-state index in [4.69, 9.17) is 4.74 Å². The van der Waals surface area contributed by atoms with Gasteiger partial charge in [0.15, 0.2) is 5.75 Å². The molecule has 0 spiro atoms. The van der Waals surface area contributed by atoms with Crippen molar-refractivity contribution in [3.63, 3.8) is 0 Å². The molecule has 0 fully saturated rings. The largest absolute Gasteiger partial charge is 0.490 e. The van der Waals surface area contributed by atoms with E-state index in [0.717, 1.165) is 6.07 Å². The summed E-state index contributed by atoms with van der Waals surface area (Å²) in [5.41, 5.74) is -0.274. The lowest BCUT2D eigenvalue weighted by Crippen LogP contribution is -2.40. The number of hydrogen-bond donors (Lipinski definition) is 2. The molecular weight excluding hydrogens is 386 g/mol. The highest BCUT2D eigenvalue weighted by atomic mass is 32.2. The van der Waals surface area contributed by atoms with Gasteiger partial charge in [-0.25, -0.2) is 8.42 Å². The Hall–Kier alpha value is -3.14. The Morgan fingerprint density at radius 3 is 2.21 bits per heavy atom. The first kappa shape index (κ1) is 21.2. The van der Waals surface area contributed by atoms with Crippen molar-refractivity contribution in [2.45, 2.75) is 31.2 Å². The van der Waals surface area contributed by atoms with Crippen molar-refractivity contribution >= 4 is 27.3 Å². The second kappa shape index (κ2) is 7.85. The first-order chi connectivity index (χ1) is 12.9. The smallest absolute Gasteiger partial charge is 0.312 e. The maximum atomic E-state index is 12.5. The normalized spacial score (nSPS) is 11.6. The van der Waals surface area contributed by atoms with Crippen LogP contribution in [0.25, 0.3) is 0 Å². The molecule has 0 radical (unpaired) electrons. The van der Waals surface area contributed by atoms with E-state index in [-0.39, 0.29) is 22.2 Å². The molecule has 2 N–H and O–H groups in total. The molecule has 0 bridgehead atoms. The number of methoxy groups -OCH3 is 1. The zero-order chi connectivity index (χ0) is 21.1. The molecule has 0 aliphatic rings. The van der Waals surface area contributed by atoms with Crippen LogP contribution < -0.4 is 14.8 Å². The summed E-state index contributed by atoms with van der Waals surface area (Å²) in [6, 6.07) is 9.18. The van der Waals surface area contributed by atoms with E-state index >= 15 is 0 Å². The number of carbonyl (C=O) groups excluding carboxylic acids is 1. The highest BCUT2D eigenvalue weighted by Crippen LogP contribution is 2.30. The lowest BCUT2D eigenvalue weighted by atomic mass is 10.1. The van der Waals surface area contributed by atoms with Crippen molar-refractivity contribution in [3.05, 3.63) is 58.1 Å². The summed E-state index contributed by atoms with van der Waals surface area (Å²) in [6.45, 7) is 5.55. The van der Waals surface area contributed by atoms with Crippen molar-refractivity contribution in [2.75, 3.05) is 11.8 Å². The number of benzene rings is 2. The number of amides is 1. The molecule has 0 unspecified atom stereocenters. The highest BCUT2D eigenvalue weighted by molar-refractivity contribution is 7.92. The number of sulfonamides is 1. The maximum absolute atomic E-state index is 12.5. The first-order valence-corrected chi connectivity index (χ1v) is 9.69. The van der Waals surface area contributed by atoms with Crippen LogP contribution in [0.15, 0.2) is 47.4 Å². The van der Waals surface area contributed by atoms with Gasteiger partial charge in [0.2, 0.25) is 0 Å². The molecule has 10 heteroatoms. The topological polar surface area (TPSA) is 128 Å². The minimum absolute atomic E-state index is 0.0434. The fourth-order valence-corrected chi connectivity index (χ4v) is 3.37. The van der Waals surface area contributed by atoms with Crippen LogP contribution in [0.4, 0.5) is 11.4 Å². The number of ether oxygens (including phenoxy) is 1. The van der Waals surface area contributed by atoms with Crippen LogP contribution in [-0.2, 0) is 10.0 Å². The number of nitrogens with zero attached hydrogens (tertiary/aromatic N) is 1. The van der Waals surface area contributed by atoms with Crippen molar-refractivity contribution < 1.29 is 22.9 Å². The molecule has 9 nitrogen and oxygen atoms in total. The molecule has 0 atom stereocenters. The standard InChI is InChI=1S/C18H21N3O6S/c1-18(2,3)19-17(22)12-5-7-13(8-6-12)20-28(25,26)14-9-10-16(27-4)15(11-14)21(23)24/h5-11,20H,1-4H3,(H,19,22). The molecule has 0 heterocycles. The molecule has 0 saturated heterocycles. The van der Waals surface area contributed by atoms with Crippen molar-refractivity contribution in [2.24, 2.45) is 0 Å². The minimum atomic E-state index is -4.07. The number of anilines is 1. The van der Waals surface area contributed by atoms with E-state index in [2.05, 4.69) is 10.0 Å². The molecule has 2 aromatic rings. The van der Waals surface area contributed by atoms with Crippen LogP contribution in [0, 0.1) is 10.1 Å². The van der Waals surface area contributed by atoms with E-state index in [9.17, 15) is 23.3 Å². The van der Waals surface area contributed by atoms with Gasteiger partial charge in [0.05, 0.1) is 16.9 Å². The van der Waals surface area contributed by atoms with Crippen molar-refractivity contribution in [1.29, 1.82) is 0 Å². The third-order valence-corrected chi connectivity index (χ3v) is 4.92. The minimum Gasteiger partial charge on any atom is -0.490 e. The molecule has 0 aliphatic heterocycles. The maximum Gasteiger partial charge on any atom is 0.312 e. The molecule has 28 heavy (non-hydrogen) atoms. The first-order valence-electron chi connectivity index (χ1n) is 8.21. The molecular formula is C18H21N3O6S. The molecule has 0 aliphatic carbocycles. The van der Waals surface area contributed by atoms with Crippen LogP contribution in [0.5, 0.6) is 5.75 Å². The third kappa shape index (κ3) is 5.19. The van der Waals surface area contributed by atoms with Gasteiger partial charge < -0.3 is 10.1 Å². The van der Waals surface area contributed by atoms with Crippen LogP contribution >= 0.6 is 0 Å². The van der Waals surface area contributed by atoms with Crippen LogP contribution in [-0.4, -0.2) is 31.9 Å². The van der Waals surface area contributed by atoms with Gasteiger partial charge in [-0.2, -0.15) is 0 Å². The summed E-state index contributed by atoms with van der Waals surface area (Å²) in [5, 5.41) is 13.9. The average Bonchev–Trinajstić information content (AvgIpc) is 2.59. The van der Waals surface area contributed by atoms with Gasteiger partial charge in [-0.1, -0.05) is 0 Å². The number of rotatable bonds is 6. The Balaban J connectivity index is 2.24. The number of nitrogens with one attached hydrogen (secondary N) is 2. The van der Waals surface area contributed by atoms with E-state index in [0.29, 0.717) is 5.56 Å². The Kier molecular flexibility index (Phi) is 5.93. The number of carbonyl (C=O) groups is 1. The predicted octanol–water partition coefficient (Wildman–Crippen LogP) is 2.93. The van der Waals surface area contributed by atoms with E-state index in [1.165, 1.54) is 43.5 Å². The Labute approximate surface area is 162 Å². The van der Waals surface area contributed by atoms with Gasteiger partial charge in [0.1, 0.15) is 0 Å². The lowest BCUT2D eigenvalue weighted by Gasteiger charge is -2.20. The van der Waals surface area contributed by atoms with E-state index < -0.39 is 26.2 Å². The number of hydrogen-bond acceptors (Lipinski definition) is 6. The van der Waals surface area contributed by atoms with Gasteiger partial charge in [-0.15, -0.1) is 0 Å². The van der Waals surface area contributed by atoms with Gasteiger partial charge >= 0.3 is 5.69 Å². The van der Waals surface area contributed by atoms with Crippen molar-refractivity contribution in [1.82, 2.24) is 5.32 Å². The van der Waals surface area contributed by atoms with Gasteiger partial charge in [-0.3, -0.25) is 19.6 Å². The average molecular weight is 407 g/mol. The second-order valence-electron chi connectivity index (χ2n) is 6.98. The molecule has 0 saturated carbocycles. The number of nitro benzene ring substituents is 1. The van der Waals surface area contributed by atoms with Crippen LogP contribution in [0.3, 0.4) is 0 Å². The summed E-state index contributed by atoms with van der Waals surface area (Å²) >= 11 is 0. The third-order valence-electron chi connectivity index (χ3n) is 3.55. The zero-order valence-electron chi connectivity index (χ0n) is 15.8. The Morgan fingerprint density at radius 2 is 1.71 bits per heavy atom. The van der Waals surface area contributed by atoms with Crippen molar-refractivity contribution in [3.8, 4) is 5.75 Å². The summed E-state index contributed by atoms with van der Waals surface area (Å²) in [7, 11) is -2.81. The molecule has 2 aromatic carbocycles. The summed E-state index contributed by atoms with van der Waals surface area (Å²) in [4.78, 5) is 22.2. The molecule has 150 valence electrons. The summed E-state index contributed by atoms with van der Waals surface area (Å²) < 4.78 is 32.3. The van der Waals surface area contributed by atoms with E-state index in [1.807, 2.05) is 20.8 Å². The molecule has 1 amide bonds. The Bertz CT molecular complexity index is 995. The lowest BCUT2D eigenvalue weighted by molar-refractivity contribution is -0.386.